The number of aliphatic hydroxyl groups is 3. The van der Waals surface area contributed by atoms with Crippen LogP contribution in [0, 0.1) is 110 Å². The van der Waals surface area contributed by atoms with Crippen LogP contribution in [0.3, 0.4) is 0 Å². The summed E-state index contributed by atoms with van der Waals surface area (Å²) in [6, 6.07) is 18.1. The van der Waals surface area contributed by atoms with Gasteiger partial charge in [-0.05, 0) is 304 Å². The summed E-state index contributed by atoms with van der Waals surface area (Å²) >= 11 is 0. The van der Waals surface area contributed by atoms with Gasteiger partial charge in [-0.2, -0.15) is 6.42 Å². The molecule has 3 aliphatic heterocycles. The van der Waals surface area contributed by atoms with Crippen LogP contribution in [-0.4, -0.2) is 98.6 Å². The third-order valence-corrected chi connectivity index (χ3v) is 34.9. The van der Waals surface area contributed by atoms with Crippen LogP contribution < -0.4 is 18.9 Å². The second kappa shape index (κ2) is 27.2. The van der Waals surface area contributed by atoms with Crippen LogP contribution in [0.2, 0.25) is 0 Å². The van der Waals surface area contributed by atoms with E-state index in [4.69, 9.17) is 14.2 Å². The van der Waals surface area contributed by atoms with Crippen LogP contribution >= 0.6 is 0 Å². The summed E-state index contributed by atoms with van der Waals surface area (Å²) in [5.74, 6) is 6.96. The number of hydrogen-bond donors (Lipinski definition) is 3. The Bertz CT molecular complexity index is 3050. The number of ether oxygens (including phenoxy) is 3. The quantitative estimate of drug-likeness (QED) is 0.112. The Labute approximate surface area is 577 Å². The minimum absolute atomic E-state index is 0. The maximum Gasteiger partial charge on any atom is 1.00 e. The van der Waals surface area contributed by atoms with Crippen molar-refractivity contribution < 1.29 is 65.2 Å². The number of hydrogen-bond acceptors (Lipinski definition) is 10. The van der Waals surface area contributed by atoms with E-state index >= 15 is 0 Å². The molecule has 0 radical (unpaired) electrons. The van der Waals surface area contributed by atoms with Crippen molar-refractivity contribution in [3.63, 3.8) is 0 Å². The summed E-state index contributed by atoms with van der Waals surface area (Å²) in [4.78, 5) is 0.877. The molecule has 2 aromatic rings. The van der Waals surface area contributed by atoms with Crippen LogP contribution in [0.5, 0.6) is 0 Å². The molecule has 15 rings (SSSR count). The minimum Gasteiger partial charge on any atom is -0.390 e. The van der Waals surface area contributed by atoms with Crippen molar-refractivity contribution >= 4 is 19.7 Å². The maximum absolute atomic E-state index is 14.5. The number of sulfone groups is 2. The molecule has 3 spiro atoms. The first-order valence-corrected chi connectivity index (χ1v) is 40.9. The molecule has 3 heterocycles. The van der Waals surface area contributed by atoms with Crippen LogP contribution in [0.1, 0.15) is 249 Å². The molecule has 518 valence electrons. The number of unbranched alkanes of at least 4 members (excludes halogenated alkanes) is 1. The van der Waals surface area contributed by atoms with E-state index in [1.165, 1.54) is 109 Å². The molecule has 1 unspecified atom stereocenters. The first-order chi connectivity index (χ1) is 43.4. The van der Waals surface area contributed by atoms with E-state index in [-0.39, 0.29) is 52.7 Å². The van der Waals surface area contributed by atoms with Crippen LogP contribution in [0.25, 0.3) is 0 Å². The van der Waals surface area contributed by atoms with Crippen molar-refractivity contribution in [1.82, 2.24) is 0 Å². The molecule has 13 aliphatic rings. The Kier molecular flexibility index (Phi) is 21.4. The molecule has 10 saturated carbocycles. The molecule has 2 aromatic carbocycles. The van der Waals surface area contributed by atoms with Gasteiger partial charge in [-0.3, -0.25) is 0 Å². The van der Waals surface area contributed by atoms with Crippen molar-refractivity contribution in [2.45, 2.75) is 286 Å². The Morgan fingerprint density at radius 1 is 0.505 bits per heavy atom. The van der Waals surface area contributed by atoms with Gasteiger partial charge in [-0.25, -0.2) is 16.8 Å². The van der Waals surface area contributed by atoms with Gasteiger partial charge in [0.2, 0.25) is 0 Å². The summed E-state index contributed by atoms with van der Waals surface area (Å²) in [5.41, 5.74) is 0.355. The van der Waals surface area contributed by atoms with E-state index in [9.17, 15) is 32.2 Å². The zero-order valence-corrected chi connectivity index (χ0v) is 61.4. The molecule has 0 amide bonds. The zero-order chi connectivity index (χ0) is 65.6. The van der Waals surface area contributed by atoms with Crippen molar-refractivity contribution in [1.29, 1.82) is 0 Å². The van der Waals surface area contributed by atoms with Gasteiger partial charge in [0.05, 0.1) is 76.2 Å². The van der Waals surface area contributed by atoms with Crippen LogP contribution in [0.15, 0.2) is 70.5 Å². The monoisotopic (exact) mass is 1320 g/mol. The first kappa shape index (κ1) is 72.9. The van der Waals surface area contributed by atoms with Crippen molar-refractivity contribution in [3.8, 4) is 0 Å². The van der Waals surface area contributed by atoms with E-state index < -0.39 is 41.7 Å². The summed E-state index contributed by atoms with van der Waals surface area (Å²) in [6.45, 7) is 29.0. The average molecular weight is 1320 g/mol. The Hall–Kier alpha value is -1.30. The zero-order valence-electron chi connectivity index (χ0n) is 59.8. The summed E-state index contributed by atoms with van der Waals surface area (Å²) in [5, 5.41) is 33.1. The molecule has 0 bridgehead atoms. The SMILES string of the molecule is C1CC2(CCC13COC3)CO2.C[C@H](C(CC1(O)CCC2(CC1)COC2)S(=O)(=O)c1ccccc1)[C@H]1CC[C@H]2[C@@H]3CC[C@H]4C[C@@](C)(O)CC[C@]4(C)[C@H]3CC[C@]12C.C[C@H](CS(=O)(=O)c1ccccc1)[C@H]1CC[C@H]2[C@@H]3CC[C@H]4C[C@@](C)(O)CC[C@]4(C)[C@H]3CC[C@]12C.[CH2-]CCC.[Li+]. The molecule has 19 atom stereocenters. The molecular formula is C80H125LiO10S2. The smallest absolute Gasteiger partial charge is 0.390 e. The standard InChI is InChI=1S/C38H58O5S.C29H44O3S.C9H14O2.C4H9.Li/c1-26(33(44(41,42)28-8-6-5-7-9-28)23-38(40)20-18-37(19-21-38)24-43-25-37)30-12-13-31-29-11-10-27-22-34(2,39)16-17-35(27,3)32(29)14-15-36(30,31)4;1-20(19-33(31,32)22-8-6-5-7-9-22)24-12-13-25-23-11-10-21-18-27(2,30)16-17-28(21,3)26(23)14-15-29(24,25)4;1-3-9(7-11-9)4-2-8(1)5-10-6-8;1-3-4-2;/h5-9,26-27,29-33,39-40H,10-25H2,1-4H3;5-9,20-21,23-26,30H,10-19H2,1-4H3;1-7H2;1,3-4H2,2H3;/q;;;-1;+1/t26-,27-,29-,30+,31-,32-,33?,34-,35-,36+;20-,21+,23+,24-,25+,26+,27+,28+,29-;;;/m01.../s1. The fraction of sp³-hybridized carbons (Fsp3) is 0.838. The van der Waals surface area contributed by atoms with Gasteiger partial charge in [-0.1, -0.05) is 91.3 Å². The van der Waals surface area contributed by atoms with Gasteiger partial charge in [0, 0.05) is 10.8 Å². The van der Waals surface area contributed by atoms with E-state index in [2.05, 4.69) is 55.4 Å². The normalized spacial score (nSPS) is 43.0. The molecule has 3 saturated heterocycles. The average Bonchev–Trinajstić information content (AvgIpc) is 1.70. The third kappa shape index (κ3) is 14.1. The molecule has 10 aliphatic carbocycles. The van der Waals surface area contributed by atoms with Crippen molar-refractivity contribution in [2.75, 3.05) is 38.8 Å². The Balaban J connectivity index is 0.000000157. The van der Waals surface area contributed by atoms with Crippen molar-refractivity contribution in [3.05, 3.63) is 67.6 Å². The number of epoxide rings is 1. The molecule has 93 heavy (non-hydrogen) atoms. The molecule has 13 fully saturated rings. The fourth-order valence-corrected chi connectivity index (χ4v) is 28.2. The van der Waals surface area contributed by atoms with Gasteiger partial charge < -0.3 is 36.5 Å². The van der Waals surface area contributed by atoms with Crippen LogP contribution in [0.4, 0.5) is 0 Å². The molecule has 13 heteroatoms. The van der Waals surface area contributed by atoms with E-state index in [0.717, 1.165) is 114 Å². The van der Waals surface area contributed by atoms with E-state index in [1.54, 1.807) is 24.3 Å². The second-order valence-corrected chi connectivity index (χ2v) is 40.4. The van der Waals surface area contributed by atoms with E-state index in [1.807, 2.05) is 50.2 Å². The number of fused-ring (bicyclic) bond motifs is 10. The number of benzene rings is 2. The first-order valence-electron chi connectivity index (χ1n) is 37.7. The maximum atomic E-state index is 14.5. The van der Waals surface area contributed by atoms with Gasteiger partial charge in [0.1, 0.15) is 0 Å². The van der Waals surface area contributed by atoms with Gasteiger partial charge in [-0.15, -0.1) is 0 Å². The van der Waals surface area contributed by atoms with Gasteiger partial charge in [0.15, 0.2) is 19.7 Å². The molecule has 3 N–H and O–H groups in total. The topological polar surface area (TPSA) is 160 Å². The summed E-state index contributed by atoms with van der Waals surface area (Å²) in [6.07, 6.45) is 32.0. The fourth-order valence-electron chi connectivity index (χ4n) is 24.4. The molecule has 0 aromatic heterocycles. The third-order valence-electron chi connectivity index (χ3n) is 30.6. The molecule has 10 nitrogen and oxygen atoms in total. The van der Waals surface area contributed by atoms with Crippen molar-refractivity contribution in [2.24, 2.45) is 104 Å². The van der Waals surface area contributed by atoms with Crippen LogP contribution in [-0.2, 0) is 33.9 Å². The van der Waals surface area contributed by atoms with E-state index in [0.29, 0.717) is 86.4 Å². The van der Waals surface area contributed by atoms with Gasteiger partial charge >= 0.3 is 18.9 Å². The largest absolute Gasteiger partial charge is 1.00 e. The Morgan fingerprint density at radius 2 is 0.925 bits per heavy atom. The Morgan fingerprint density at radius 3 is 1.35 bits per heavy atom. The summed E-state index contributed by atoms with van der Waals surface area (Å²) in [7, 11) is -6.87. The predicted molar refractivity (Wildman–Crippen MR) is 368 cm³/mol. The number of rotatable bonds is 11. The predicted octanol–water partition coefficient (Wildman–Crippen LogP) is 14.1. The second-order valence-electron chi connectivity index (χ2n) is 36.2. The molecular weight excluding hydrogens is 1190 g/mol. The summed E-state index contributed by atoms with van der Waals surface area (Å²) < 4.78 is 71.6. The van der Waals surface area contributed by atoms with Gasteiger partial charge in [0.25, 0.3) is 0 Å². The minimum atomic E-state index is -3.63.